The third kappa shape index (κ3) is 4.11. The molecule has 1 aromatic heterocycles. The maximum atomic E-state index is 12.8. The van der Waals surface area contributed by atoms with Crippen LogP contribution in [0.3, 0.4) is 0 Å². The van der Waals surface area contributed by atoms with E-state index in [-0.39, 0.29) is 18.4 Å². The van der Waals surface area contributed by atoms with Gasteiger partial charge in [0.2, 0.25) is 0 Å². The molecule has 1 fully saturated rings. The first-order valence-electron chi connectivity index (χ1n) is 10.3. The normalized spacial score (nSPS) is 16.1. The van der Waals surface area contributed by atoms with Gasteiger partial charge in [0.05, 0.1) is 6.61 Å². The van der Waals surface area contributed by atoms with E-state index in [0.29, 0.717) is 23.8 Å². The average molecular weight is 421 g/mol. The predicted octanol–water partition coefficient (Wildman–Crippen LogP) is 5.09. The van der Waals surface area contributed by atoms with Crippen molar-refractivity contribution < 1.29 is 9.90 Å². The van der Waals surface area contributed by atoms with Gasteiger partial charge in [-0.3, -0.25) is 9.78 Å². The molecule has 1 unspecified atom stereocenters. The number of aliphatic hydroxyl groups is 1. The summed E-state index contributed by atoms with van der Waals surface area (Å²) in [6.07, 6.45) is 3.38. The molecule has 0 aliphatic carbocycles. The number of aromatic nitrogens is 1. The fourth-order valence-electron chi connectivity index (χ4n) is 4.30. The Bertz CT molecular complexity index is 1070. The van der Waals surface area contributed by atoms with Gasteiger partial charge < -0.3 is 10.0 Å². The Morgan fingerprint density at radius 2 is 2.00 bits per heavy atom. The molecule has 0 spiro atoms. The Hall–Kier alpha value is -2.69. The van der Waals surface area contributed by atoms with Crippen molar-refractivity contribution in [3.63, 3.8) is 0 Å². The van der Waals surface area contributed by atoms with Crippen LogP contribution in [0.4, 0.5) is 0 Å². The Kier molecular flexibility index (Phi) is 6.16. The van der Waals surface area contributed by atoms with E-state index in [1.54, 1.807) is 18.3 Å². The van der Waals surface area contributed by atoms with Crippen molar-refractivity contribution in [2.45, 2.75) is 32.3 Å². The third-order valence-electron chi connectivity index (χ3n) is 5.88. The SMILES string of the molecule is CCc1ccccc1-c1ccc(C2CCN(C(=O)c3cc(Cl)ccn3)C2)c(CO)c1. The van der Waals surface area contributed by atoms with E-state index >= 15 is 0 Å². The van der Waals surface area contributed by atoms with Gasteiger partial charge in [0.25, 0.3) is 5.91 Å². The first kappa shape index (κ1) is 20.6. The van der Waals surface area contributed by atoms with Gasteiger partial charge >= 0.3 is 0 Å². The molecule has 0 radical (unpaired) electrons. The monoisotopic (exact) mass is 420 g/mol. The van der Waals surface area contributed by atoms with E-state index in [4.69, 9.17) is 11.6 Å². The van der Waals surface area contributed by atoms with Crippen LogP contribution in [-0.2, 0) is 13.0 Å². The average Bonchev–Trinajstić information content (AvgIpc) is 3.28. The lowest BCUT2D eigenvalue weighted by molar-refractivity contribution is 0.0785. The molecular weight excluding hydrogens is 396 g/mol. The number of amides is 1. The summed E-state index contributed by atoms with van der Waals surface area (Å²) in [5.74, 6) is 0.102. The van der Waals surface area contributed by atoms with Crippen molar-refractivity contribution in [3.05, 3.63) is 88.2 Å². The first-order valence-corrected chi connectivity index (χ1v) is 10.7. The molecule has 1 amide bonds. The number of hydrogen-bond acceptors (Lipinski definition) is 3. The number of aliphatic hydroxyl groups excluding tert-OH is 1. The van der Waals surface area contributed by atoms with Crippen molar-refractivity contribution in [1.82, 2.24) is 9.88 Å². The standard InChI is InChI=1S/C25H25ClN2O2/c1-2-17-5-3-4-6-22(17)18-7-8-23(20(13-18)16-29)19-10-12-28(15-19)25(30)24-14-21(26)9-11-27-24/h3-9,11,13-14,19,29H,2,10,12,15-16H2,1H3. The number of benzene rings is 2. The second-order valence-corrected chi connectivity index (χ2v) is 8.11. The van der Waals surface area contributed by atoms with Gasteiger partial charge in [0, 0.05) is 30.2 Å². The number of carbonyl (C=O) groups is 1. The molecule has 1 aliphatic rings. The van der Waals surface area contributed by atoms with Crippen LogP contribution in [0.2, 0.25) is 5.02 Å². The van der Waals surface area contributed by atoms with Crippen LogP contribution < -0.4 is 0 Å². The lowest BCUT2D eigenvalue weighted by atomic mass is 9.89. The molecule has 5 heteroatoms. The minimum atomic E-state index is -0.0981. The van der Waals surface area contributed by atoms with Gasteiger partial charge in [0.1, 0.15) is 5.69 Å². The Morgan fingerprint density at radius 1 is 1.17 bits per heavy atom. The fraction of sp³-hybridized carbons (Fsp3) is 0.280. The lowest BCUT2D eigenvalue weighted by Gasteiger charge is -2.19. The van der Waals surface area contributed by atoms with Crippen LogP contribution in [0, 0.1) is 0 Å². The summed E-state index contributed by atoms with van der Waals surface area (Å²) in [4.78, 5) is 18.8. The molecule has 1 atom stereocenters. The summed E-state index contributed by atoms with van der Waals surface area (Å²) in [6.45, 7) is 3.42. The molecule has 1 saturated heterocycles. The highest BCUT2D eigenvalue weighted by Crippen LogP contribution is 2.34. The number of rotatable bonds is 5. The van der Waals surface area contributed by atoms with Gasteiger partial charge in [-0.05, 0) is 58.9 Å². The number of carbonyl (C=O) groups excluding carboxylic acids is 1. The molecule has 154 valence electrons. The molecule has 1 N–H and O–H groups in total. The molecule has 0 bridgehead atoms. The molecule has 3 aromatic rings. The van der Waals surface area contributed by atoms with Crippen LogP contribution in [0.1, 0.15) is 46.4 Å². The van der Waals surface area contributed by atoms with Gasteiger partial charge in [-0.2, -0.15) is 0 Å². The zero-order chi connectivity index (χ0) is 21.1. The second kappa shape index (κ2) is 8.99. The zero-order valence-electron chi connectivity index (χ0n) is 17.0. The van der Waals surface area contributed by atoms with Crippen molar-refractivity contribution in [1.29, 1.82) is 0 Å². The molecule has 30 heavy (non-hydrogen) atoms. The predicted molar refractivity (Wildman–Crippen MR) is 120 cm³/mol. The smallest absolute Gasteiger partial charge is 0.272 e. The van der Waals surface area contributed by atoms with Crippen LogP contribution in [-0.4, -0.2) is 34.0 Å². The van der Waals surface area contributed by atoms with Gasteiger partial charge in [0.15, 0.2) is 0 Å². The van der Waals surface area contributed by atoms with E-state index in [0.717, 1.165) is 29.5 Å². The van der Waals surface area contributed by atoms with E-state index in [9.17, 15) is 9.90 Å². The van der Waals surface area contributed by atoms with Crippen LogP contribution in [0.25, 0.3) is 11.1 Å². The van der Waals surface area contributed by atoms with Crippen molar-refractivity contribution >= 4 is 17.5 Å². The summed E-state index contributed by atoms with van der Waals surface area (Å²) >= 11 is 6.01. The molecule has 4 rings (SSSR count). The van der Waals surface area contributed by atoms with E-state index in [1.165, 1.54) is 11.1 Å². The quantitative estimate of drug-likeness (QED) is 0.625. The van der Waals surface area contributed by atoms with E-state index in [2.05, 4.69) is 48.3 Å². The maximum absolute atomic E-state index is 12.8. The Labute approximate surface area is 182 Å². The number of hydrogen-bond donors (Lipinski definition) is 1. The Balaban J connectivity index is 1.57. The topological polar surface area (TPSA) is 53.4 Å². The number of likely N-dealkylation sites (tertiary alicyclic amines) is 1. The highest BCUT2D eigenvalue weighted by Gasteiger charge is 2.30. The number of pyridine rings is 1. The zero-order valence-corrected chi connectivity index (χ0v) is 17.8. The maximum Gasteiger partial charge on any atom is 0.272 e. The van der Waals surface area contributed by atoms with E-state index in [1.807, 2.05) is 11.0 Å². The molecule has 2 aromatic carbocycles. The summed E-state index contributed by atoms with van der Waals surface area (Å²) in [7, 11) is 0. The van der Waals surface area contributed by atoms with Crippen LogP contribution >= 0.6 is 11.6 Å². The largest absolute Gasteiger partial charge is 0.392 e. The summed E-state index contributed by atoms with van der Waals surface area (Å²) in [5, 5.41) is 10.6. The van der Waals surface area contributed by atoms with Crippen molar-refractivity contribution in [3.8, 4) is 11.1 Å². The number of halogens is 1. The van der Waals surface area contributed by atoms with Gasteiger partial charge in [-0.25, -0.2) is 0 Å². The summed E-state index contributed by atoms with van der Waals surface area (Å²) in [5.41, 5.74) is 6.03. The molecule has 1 aliphatic heterocycles. The minimum Gasteiger partial charge on any atom is -0.392 e. The first-order chi connectivity index (χ1) is 14.6. The van der Waals surface area contributed by atoms with Gasteiger partial charge in [-0.1, -0.05) is 54.9 Å². The Morgan fingerprint density at radius 3 is 2.77 bits per heavy atom. The molecule has 0 saturated carbocycles. The van der Waals surface area contributed by atoms with Crippen molar-refractivity contribution in [2.75, 3.05) is 13.1 Å². The van der Waals surface area contributed by atoms with Crippen LogP contribution in [0.5, 0.6) is 0 Å². The lowest BCUT2D eigenvalue weighted by Crippen LogP contribution is -2.29. The van der Waals surface area contributed by atoms with Gasteiger partial charge in [-0.15, -0.1) is 0 Å². The number of nitrogens with zero attached hydrogens (tertiary/aromatic N) is 2. The van der Waals surface area contributed by atoms with Crippen molar-refractivity contribution in [2.24, 2.45) is 0 Å². The summed E-state index contributed by atoms with van der Waals surface area (Å²) in [6, 6.07) is 18.0. The third-order valence-corrected chi connectivity index (χ3v) is 6.11. The minimum absolute atomic E-state index is 0.0161. The molecule has 4 nitrogen and oxygen atoms in total. The molecule has 2 heterocycles. The fourth-order valence-corrected chi connectivity index (χ4v) is 4.46. The van der Waals surface area contributed by atoms with E-state index < -0.39 is 0 Å². The van der Waals surface area contributed by atoms with Crippen LogP contribution in [0.15, 0.2) is 60.8 Å². The highest BCUT2D eigenvalue weighted by atomic mass is 35.5. The number of aryl methyl sites for hydroxylation is 1. The second-order valence-electron chi connectivity index (χ2n) is 7.68. The summed E-state index contributed by atoms with van der Waals surface area (Å²) < 4.78 is 0. The highest BCUT2D eigenvalue weighted by molar-refractivity contribution is 6.30. The molecular formula is C25H25ClN2O2.